The van der Waals surface area contributed by atoms with Gasteiger partial charge in [0.05, 0.1) is 17.6 Å². The Labute approximate surface area is 115 Å². The lowest BCUT2D eigenvalue weighted by molar-refractivity contribution is 0.238. The number of aryl methyl sites for hydroxylation is 1. The molecule has 1 fully saturated rings. The SMILES string of the molecule is CCCn1c(CNC2CC(C)C2)nc2ccccc21. The van der Waals surface area contributed by atoms with E-state index in [2.05, 4.69) is 48.0 Å². The Morgan fingerprint density at radius 3 is 2.84 bits per heavy atom. The van der Waals surface area contributed by atoms with Crippen molar-refractivity contribution in [1.29, 1.82) is 0 Å². The molecular weight excluding hydrogens is 234 g/mol. The van der Waals surface area contributed by atoms with E-state index >= 15 is 0 Å². The van der Waals surface area contributed by atoms with Gasteiger partial charge < -0.3 is 9.88 Å². The van der Waals surface area contributed by atoms with Gasteiger partial charge in [0.25, 0.3) is 0 Å². The Bertz CT molecular complexity index is 552. The Morgan fingerprint density at radius 2 is 2.11 bits per heavy atom. The van der Waals surface area contributed by atoms with Crippen molar-refractivity contribution in [2.75, 3.05) is 0 Å². The van der Waals surface area contributed by atoms with Crippen LogP contribution in [0.1, 0.15) is 38.9 Å². The third-order valence-corrected chi connectivity index (χ3v) is 4.10. The molecule has 3 nitrogen and oxygen atoms in total. The van der Waals surface area contributed by atoms with E-state index in [9.17, 15) is 0 Å². The van der Waals surface area contributed by atoms with Gasteiger partial charge in [-0.25, -0.2) is 4.98 Å². The van der Waals surface area contributed by atoms with E-state index < -0.39 is 0 Å². The molecular formula is C16H23N3. The molecule has 0 bridgehead atoms. The predicted molar refractivity (Wildman–Crippen MR) is 79.0 cm³/mol. The van der Waals surface area contributed by atoms with Crippen LogP contribution in [0.15, 0.2) is 24.3 Å². The first-order chi connectivity index (χ1) is 9.28. The third-order valence-electron chi connectivity index (χ3n) is 4.10. The molecule has 1 aromatic heterocycles. The second-order valence-corrected chi connectivity index (χ2v) is 5.82. The highest BCUT2D eigenvalue weighted by molar-refractivity contribution is 5.75. The minimum atomic E-state index is 0.699. The molecule has 0 spiro atoms. The molecule has 0 aliphatic heterocycles. The first-order valence-corrected chi connectivity index (χ1v) is 7.45. The van der Waals surface area contributed by atoms with Crippen molar-refractivity contribution in [3.63, 3.8) is 0 Å². The van der Waals surface area contributed by atoms with Crippen LogP contribution in [-0.2, 0) is 13.1 Å². The number of aromatic nitrogens is 2. The molecule has 1 aliphatic rings. The number of fused-ring (bicyclic) bond motifs is 1. The van der Waals surface area contributed by atoms with Crippen molar-refractivity contribution in [2.45, 2.75) is 52.2 Å². The highest BCUT2D eigenvalue weighted by Gasteiger charge is 2.25. The zero-order valence-corrected chi connectivity index (χ0v) is 11.9. The maximum absolute atomic E-state index is 4.78. The van der Waals surface area contributed by atoms with Crippen LogP contribution >= 0.6 is 0 Å². The standard InChI is InChI=1S/C16H23N3/c1-3-8-19-15-7-5-4-6-14(15)18-16(19)11-17-13-9-12(2)10-13/h4-7,12-13,17H,3,8-11H2,1-2H3. The van der Waals surface area contributed by atoms with E-state index in [4.69, 9.17) is 4.98 Å². The first-order valence-electron chi connectivity index (χ1n) is 7.45. The fourth-order valence-electron chi connectivity index (χ4n) is 3.04. The fourth-order valence-corrected chi connectivity index (χ4v) is 3.04. The molecule has 102 valence electrons. The predicted octanol–water partition coefficient (Wildman–Crippen LogP) is 3.33. The fraction of sp³-hybridized carbons (Fsp3) is 0.562. The second-order valence-electron chi connectivity index (χ2n) is 5.82. The van der Waals surface area contributed by atoms with Crippen LogP contribution in [0.4, 0.5) is 0 Å². The van der Waals surface area contributed by atoms with Crippen molar-refractivity contribution in [1.82, 2.24) is 14.9 Å². The normalized spacial score (nSPS) is 22.6. The molecule has 1 saturated carbocycles. The van der Waals surface area contributed by atoms with Gasteiger partial charge in [0.15, 0.2) is 0 Å². The van der Waals surface area contributed by atoms with E-state index in [1.165, 1.54) is 24.2 Å². The van der Waals surface area contributed by atoms with Gasteiger partial charge in [-0.3, -0.25) is 0 Å². The van der Waals surface area contributed by atoms with Gasteiger partial charge in [-0.2, -0.15) is 0 Å². The van der Waals surface area contributed by atoms with Crippen molar-refractivity contribution in [3.05, 3.63) is 30.1 Å². The number of nitrogens with zero attached hydrogens (tertiary/aromatic N) is 2. The van der Waals surface area contributed by atoms with Gasteiger partial charge in [-0.05, 0) is 37.3 Å². The highest BCUT2D eigenvalue weighted by Crippen LogP contribution is 2.26. The summed E-state index contributed by atoms with van der Waals surface area (Å²) >= 11 is 0. The number of nitrogens with one attached hydrogen (secondary N) is 1. The van der Waals surface area contributed by atoms with Crippen LogP contribution in [0.2, 0.25) is 0 Å². The van der Waals surface area contributed by atoms with Gasteiger partial charge in [-0.1, -0.05) is 26.0 Å². The number of hydrogen-bond acceptors (Lipinski definition) is 2. The Hall–Kier alpha value is -1.35. The van der Waals surface area contributed by atoms with Gasteiger partial charge in [-0.15, -0.1) is 0 Å². The van der Waals surface area contributed by atoms with E-state index in [1.54, 1.807) is 0 Å². The van der Waals surface area contributed by atoms with Crippen molar-refractivity contribution < 1.29 is 0 Å². The molecule has 1 N–H and O–H groups in total. The largest absolute Gasteiger partial charge is 0.327 e. The Morgan fingerprint density at radius 1 is 1.32 bits per heavy atom. The molecule has 1 aliphatic carbocycles. The smallest absolute Gasteiger partial charge is 0.123 e. The molecule has 0 amide bonds. The highest BCUT2D eigenvalue weighted by atomic mass is 15.1. The molecule has 1 heterocycles. The number of imidazole rings is 1. The van der Waals surface area contributed by atoms with Crippen molar-refractivity contribution >= 4 is 11.0 Å². The average molecular weight is 257 g/mol. The number of rotatable bonds is 5. The minimum Gasteiger partial charge on any atom is -0.327 e. The van der Waals surface area contributed by atoms with Gasteiger partial charge >= 0.3 is 0 Å². The second kappa shape index (κ2) is 5.33. The van der Waals surface area contributed by atoms with E-state index in [0.29, 0.717) is 6.04 Å². The molecule has 3 rings (SSSR count). The quantitative estimate of drug-likeness (QED) is 0.890. The summed E-state index contributed by atoms with van der Waals surface area (Å²) in [6, 6.07) is 9.14. The molecule has 1 aromatic carbocycles. The molecule has 3 heteroatoms. The van der Waals surface area contributed by atoms with E-state index in [-0.39, 0.29) is 0 Å². The Kier molecular flexibility index (Phi) is 3.56. The van der Waals surface area contributed by atoms with Crippen LogP contribution in [0.3, 0.4) is 0 Å². The molecule has 0 saturated heterocycles. The third kappa shape index (κ3) is 2.52. The topological polar surface area (TPSA) is 29.9 Å². The lowest BCUT2D eigenvalue weighted by Gasteiger charge is -2.33. The summed E-state index contributed by atoms with van der Waals surface area (Å²) in [5, 5.41) is 3.64. The Balaban J connectivity index is 1.79. The van der Waals surface area contributed by atoms with Crippen LogP contribution in [-0.4, -0.2) is 15.6 Å². The van der Waals surface area contributed by atoms with Gasteiger partial charge in [0.1, 0.15) is 5.82 Å². The molecule has 0 unspecified atom stereocenters. The molecule has 0 radical (unpaired) electrons. The van der Waals surface area contributed by atoms with E-state index in [1.807, 2.05) is 0 Å². The first kappa shape index (κ1) is 12.7. The van der Waals surface area contributed by atoms with Crippen molar-refractivity contribution in [3.8, 4) is 0 Å². The number of para-hydroxylation sites is 2. The number of benzene rings is 1. The van der Waals surface area contributed by atoms with Crippen LogP contribution in [0, 0.1) is 5.92 Å². The summed E-state index contributed by atoms with van der Waals surface area (Å²) in [6.07, 6.45) is 3.77. The summed E-state index contributed by atoms with van der Waals surface area (Å²) in [4.78, 5) is 4.78. The average Bonchev–Trinajstić information content (AvgIpc) is 2.72. The van der Waals surface area contributed by atoms with Crippen LogP contribution in [0.5, 0.6) is 0 Å². The molecule has 2 aromatic rings. The summed E-state index contributed by atoms with van der Waals surface area (Å²) < 4.78 is 2.37. The lowest BCUT2D eigenvalue weighted by atomic mass is 9.82. The maximum atomic E-state index is 4.78. The maximum Gasteiger partial charge on any atom is 0.123 e. The van der Waals surface area contributed by atoms with Gasteiger partial charge in [0, 0.05) is 12.6 Å². The monoisotopic (exact) mass is 257 g/mol. The minimum absolute atomic E-state index is 0.699. The molecule has 0 atom stereocenters. The number of hydrogen-bond donors (Lipinski definition) is 1. The van der Waals surface area contributed by atoms with Crippen LogP contribution < -0.4 is 5.32 Å². The zero-order valence-electron chi connectivity index (χ0n) is 11.9. The molecule has 19 heavy (non-hydrogen) atoms. The van der Waals surface area contributed by atoms with Crippen LogP contribution in [0.25, 0.3) is 11.0 Å². The summed E-state index contributed by atoms with van der Waals surface area (Å²) in [5.74, 6) is 2.08. The summed E-state index contributed by atoms with van der Waals surface area (Å²) in [5.41, 5.74) is 2.39. The summed E-state index contributed by atoms with van der Waals surface area (Å²) in [6.45, 7) is 6.49. The van der Waals surface area contributed by atoms with E-state index in [0.717, 1.165) is 30.9 Å². The zero-order chi connectivity index (χ0) is 13.2. The van der Waals surface area contributed by atoms with Gasteiger partial charge in [0.2, 0.25) is 0 Å². The van der Waals surface area contributed by atoms with Crippen molar-refractivity contribution in [2.24, 2.45) is 5.92 Å². The summed E-state index contributed by atoms with van der Waals surface area (Å²) in [7, 11) is 0. The lowest BCUT2D eigenvalue weighted by Crippen LogP contribution is -2.40.